The lowest BCUT2D eigenvalue weighted by atomic mass is 10.2. The second-order valence-electron chi connectivity index (χ2n) is 5.34. The van der Waals surface area contributed by atoms with E-state index in [-0.39, 0.29) is 17.6 Å². The first kappa shape index (κ1) is 17.3. The number of esters is 1. The van der Waals surface area contributed by atoms with Crippen LogP contribution in [0.2, 0.25) is 0 Å². The van der Waals surface area contributed by atoms with Crippen LogP contribution in [0.15, 0.2) is 0 Å². The van der Waals surface area contributed by atoms with Gasteiger partial charge in [-0.05, 0) is 0 Å². The second-order valence-corrected chi connectivity index (χ2v) is 6.92. The van der Waals surface area contributed by atoms with Gasteiger partial charge in [-0.1, -0.05) is 13.8 Å². The van der Waals surface area contributed by atoms with E-state index in [1.807, 2.05) is 14.1 Å². The molecule has 0 fully saturated rings. The Morgan fingerprint density at radius 2 is 1.83 bits per heavy atom. The molecule has 0 spiro atoms. The van der Waals surface area contributed by atoms with E-state index < -0.39 is 10.1 Å². The molecule has 0 aliphatic rings. The van der Waals surface area contributed by atoms with Crippen LogP contribution in [-0.4, -0.2) is 63.0 Å². The van der Waals surface area contributed by atoms with Crippen molar-refractivity contribution in [2.45, 2.75) is 20.3 Å². The molecular weight excluding hydrogens is 258 g/mol. The van der Waals surface area contributed by atoms with Gasteiger partial charge in [0.05, 0.1) is 32.3 Å². The SMILES string of the molecule is CC(C)C(=O)OCC[N+](C)(C)CCCS(=O)(=O)O. The average Bonchev–Trinajstić information content (AvgIpc) is 2.14. The first-order valence-corrected chi connectivity index (χ1v) is 7.58. The average molecular weight is 282 g/mol. The lowest BCUT2D eigenvalue weighted by molar-refractivity contribution is -0.890. The van der Waals surface area contributed by atoms with Crippen LogP contribution in [0.25, 0.3) is 0 Å². The Hall–Kier alpha value is -0.660. The zero-order valence-electron chi connectivity index (χ0n) is 11.5. The van der Waals surface area contributed by atoms with Crippen molar-refractivity contribution in [3.8, 4) is 0 Å². The summed E-state index contributed by atoms with van der Waals surface area (Å²) < 4.78 is 35.4. The molecule has 0 saturated carbocycles. The molecule has 0 saturated heterocycles. The molecule has 0 radical (unpaired) electrons. The van der Waals surface area contributed by atoms with Crippen molar-refractivity contribution in [1.82, 2.24) is 0 Å². The molecule has 0 aliphatic carbocycles. The van der Waals surface area contributed by atoms with E-state index in [0.717, 1.165) is 0 Å². The molecule has 0 aromatic rings. The van der Waals surface area contributed by atoms with Crippen molar-refractivity contribution in [3.05, 3.63) is 0 Å². The Morgan fingerprint density at radius 3 is 2.28 bits per heavy atom. The molecule has 7 heteroatoms. The highest BCUT2D eigenvalue weighted by atomic mass is 32.2. The molecule has 6 nitrogen and oxygen atoms in total. The predicted molar refractivity (Wildman–Crippen MR) is 68.7 cm³/mol. The summed E-state index contributed by atoms with van der Waals surface area (Å²) in [5, 5.41) is 0. The number of hydrogen-bond acceptors (Lipinski definition) is 4. The molecule has 18 heavy (non-hydrogen) atoms. The van der Waals surface area contributed by atoms with E-state index in [4.69, 9.17) is 9.29 Å². The molecule has 0 unspecified atom stereocenters. The van der Waals surface area contributed by atoms with Gasteiger partial charge in [0.15, 0.2) is 0 Å². The fourth-order valence-corrected chi connectivity index (χ4v) is 1.84. The van der Waals surface area contributed by atoms with Gasteiger partial charge in [0.25, 0.3) is 10.1 Å². The van der Waals surface area contributed by atoms with Crippen molar-refractivity contribution in [1.29, 1.82) is 0 Å². The van der Waals surface area contributed by atoms with Crippen LogP contribution in [0, 0.1) is 5.92 Å². The maximum absolute atomic E-state index is 11.2. The first-order valence-electron chi connectivity index (χ1n) is 5.97. The van der Waals surface area contributed by atoms with E-state index in [1.54, 1.807) is 13.8 Å². The van der Waals surface area contributed by atoms with Crippen molar-refractivity contribution in [3.63, 3.8) is 0 Å². The fraction of sp³-hybridized carbons (Fsp3) is 0.909. The Balaban J connectivity index is 3.90. The second kappa shape index (κ2) is 7.06. The van der Waals surface area contributed by atoms with Crippen molar-refractivity contribution in [2.24, 2.45) is 5.92 Å². The Bertz CT molecular complexity index is 362. The highest BCUT2D eigenvalue weighted by Gasteiger charge is 2.18. The maximum atomic E-state index is 11.2. The smallest absolute Gasteiger partial charge is 0.308 e. The van der Waals surface area contributed by atoms with E-state index in [2.05, 4.69) is 0 Å². The van der Waals surface area contributed by atoms with E-state index in [9.17, 15) is 13.2 Å². The lowest BCUT2D eigenvalue weighted by Gasteiger charge is -2.29. The van der Waals surface area contributed by atoms with Crippen LogP contribution >= 0.6 is 0 Å². The van der Waals surface area contributed by atoms with Gasteiger partial charge in [0.1, 0.15) is 13.2 Å². The zero-order valence-corrected chi connectivity index (χ0v) is 12.4. The molecule has 0 bridgehead atoms. The number of hydrogen-bond donors (Lipinski definition) is 1. The molecular formula is C11H24NO5S+. The summed E-state index contributed by atoms with van der Waals surface area (Å²) in [5.41, 5.74) is 0. The Morgan fingerprint density at radius 1 is 1.28 bits per heavy atom. The van der Waals surface area contributed by atoms with Gasteiger partial charge in [-0.2, -0.15) is 8.42 Å². The van der Waals surface area contributed by atoms with Gasteiger partial charge < -0.3 is 9.22 Å². The minimum atomic E-state index is -3.89. The quantitative estimate of drug-likeness (QED) is 0.399. The van der Waals surface area contributed by atoms with E-state index in [1.165, 1.54) is 0 Å². The van der Waals surface area contributed by atoms with Crippen LogP contribution in [0.5, 0.6) is 0 Å². The third-order valence-corrected chi connectivity index (χ3v) is 3.38. The van der Waals surface area contributed by atoms with Crippen LogP contribution in [0.3, 0.4) is 0 Å². The van der Waals surface area contributed by atoms with Gasteiger partial charge in [0, 0.05) is 6.42 Å². The molecule has 1 N–H and O–H groups in total. The zero-order chi connectivity index (χ0) is 14.4. The van der Waals surface area contributed by atoms with Crippen LogP contribution in [-0.2, 0) is 19.6 Å². The van der Waals surface area contributed by atoms with Crippen molar-refractivity contribution >= 4 is 16.1 Å². The summed E-state index contributed by atoms with van der Waals surface area (Å²) in [7, 11) is -0.0395. The number of quaternary nitrogens is 1. The van der Waals surface area contributed by atoms with Gasteiger partial charge in [-0.25, -0.2) is 0 Å². The molecule has 0 rings (SSSR count). The van der Waals surface area contributed by atoms with Gasteiger partial charge in [0.2, 0.25) is 0 Å². The Kier molecular flexibility index (Phi) is 6.80. The molecule has 0 amide bonds. The number of nitrogens with zero attached hydrogens (tertiary/aromatic N) is 1. The summed E-state index contributed by atoms with van der Waals surface area (Å²) in [4.78, 5) is 11.2. The summed E-state index contributed by atoms with van der Waals surface area (Å²) in [6, 6.07) is 0. The lowest BCUT2D eigenvalue weighted by Crippen LogP contribution is -2.44. The molecule has 0 aromatic heterocycles. The molecule has 0 atom stereocenters. The first-order chi connectivity index (χ1) is 8.03. The van der Waals surface area contributed by atoms with Gasteiger partial charge in [-0.3, -0.25) is 9.35 Å². The standard InChI is InChI=1S/C11H23NO5S/c1-10(2)11(13)17-8-7-12(3,4)6-5-9-18(14,15)16/h10H,5-9H2,1-4H3/p+1. The number of carbonyl (C=O) groups excluding carboxylic acids is 1. The third kappa shape index (κ3) is 9.38. The van der Waals surface area contributed by atoms with Gasteiger partial charge in [-0.15, -0.1) is 0 Å². The summed E-state index contributed by atoms with van der Waals surface area (Å²) in [6.07, 6.45) is 0.379. The van der Waals surface area contributed by atoms with Crippen LogP contribution in [0.1, 0.15) is 20.3 Å². The Labute approximate surface area is 109 Å². The molecule has 0 aromatic carbocycles. The van der Waals surface area contributed by atoms with Crippen LogP contribution in [0.4, 0.5) is 0 Å². The summed E-state index contributed by atoms with van der Waals surface area (Å²) >= 11 is 0. The minimum absolute atomic E-state index is 0.139. The summed E-state index contributed by atoms with van der Waals surface area (Å²) in [5.74, 6) is -0.603. The van der Waals surface area contributed by atoms with E-state index >= 15 is 0 Å². The predicted octanol–water partition coefficient (Wildman–Crippen LogP) is 0.540. The van der Waals surface area contributed by atoms with Gasteiger partial charge >= 0.3 is 5.97 Å². The number of ether oxygens (including phenoxy) is 1. The monoisotopic (exact) mass is 282 g/mol. The topological polar surface area (TPSA) is 80.7 Å². The van der Waals surface area contributed by atoms with Crippen molar-refractivity contribution < 1.29 is 27.0 Å². The largest absolute Gasteiger partial charge is 0.459 e. The number of rotatable bonds is 8. The van der Waals surface area contributed by atoms with Crippen molar-refractivity contribution in [2.75, 3.05) is 39.5 Å². The number of carbonyl (C=O) groups is 1. The maximum Gasteiger partial charge on any atom is 0.308 e. The highest BCUT2D eigenvalue weighted by molar-refractivity contribution is 7.85. The molecule has 0 heterocycles. The fourth-order valence-electron chi connectivity index (χ4n) is 1.35. The molecule has 0 aliphatic heterocycles. The minimum Gasteiger partial charge on any atom is -0.459 e. The molecule has 108 valence electrons. The normalized spacial score (nSPS) is 12.8. The third-order valence-electron chi connectivity index (χ3n) is 2.58. The van der Waals surface area contributed by atoms with E-state index in [0.29, 0.717) is 30.6 Å². The number of likely N-dealkylation sites (N-methyl/N-ethyl adjacent to an activating group) is 1. The van der Waals surface area contributed by atoms with Crippen LogP contribution < -0.4 is 0 Å². The summed E-state index contributed by atoms with van der Waals surface area (Å²) in [6.45, 7) is 5.07. The highest BCUT2D eigenvalue weighted by Crippen LogP contribution is 2.02.